The van der Waals surface area contributed by atoms with Crippen molar-refractivity contribution in [3.05, 3.63) is 66.8 Å². The van der Waals surface area contributed by atoms with Gasteiger partial charge in [-0.3, -0.25) is 14.9 Å². The number of aromatic nitrogens is 7. The molecule has 0 saturated heterocycles. The van der Waals surface area contributed by atoms with E-state index in [0.29, 0.717) is 45.8 Å². The maximum Gasteiger partial charge on any atom is 0.226 e. The fraction of sp³-hybridized carbons (Fsp3) is 0.226. The van der Waals surface area contributed by atoms with Crippen molar-refractivity contribution in [2.75, 3.05) is 37.8 Å². The predicted octanol–water partition coefficient (Wildman–Crippen LogP) is 5.47. The molecule has 0 bridgehead atoms. The van der Waals surface area contributed by atoms with Crippen LogP contribution in [0.25, 0.3) is 56.0 Å². The van der Waals surface area contributed by atoms with Crippen LogP contribution in [0.5, 0.6) is 0 Å². The first-order valence-electron chi connectivity index (χ1n) is 14.0. The summed E-state index contributed by atoms with van der Waals surface area (Å²) in [6, 6.07) is 8.16. The third-order valence-electron chi connectivity index (χ3n) is 7.09. The maximum absolute atomic E-state index is 16.2. The fourth-order valence-corrected chi connectivity index (χ4v) is 4.81. The van der Waals surface area contributed by atoms with Gasteiger partial charge >= 0.3 is 0 Å². The molecule has 0 aliphatic carbocycles. The number of hydrogen-bond donors (Lipinski definition) is 4. The number of halogens is 2. The van der Waals surface area contributed by atoms with Gasteiger partial charge in [-0.1, -0.05) is 13.8 Å². The molecular formula is C31H30F2N10O. The molecule has 224 valence electrons. The molecule has 5 aromatic heterocycles. The number of benzene rings is 1. The number of likely N-dealkylation sites (N-methyl/N-ethyl adjacent to an activating group) is 1. The van der Waals surface area contributed by atoms with Gasteiger partial charge in [-0.25, -0.2) is 23.7 Å². The first kappa shape index (κ1) is 28.8. The Bertz CT molecular complexity index is 2000. The summed E-state index contributed by atoms with van der Waals surface area (Å²) in [6.07, 6.45) is 5.96. The van der Waals surface area contributed by atoms with Crippen molar-refractivity contribution >= 4 is 39.5 Å². The maximum atomic E-state index is 16.2. The molecule has 0 fully saturated rings. The van der Waals surface area contributed by atoms with Gasteiger partial charge in [-0.2, -0.15) is 5.10 Å². The summed E-state index contributed by atoms with van der Waals surface area (Å²) in [6.45, 7) is 5.00. The Morgan fingerprint density at radius 1 is 0.977 bits per heavy atom. The lowest BCUT2D eigenvalue weighted by atomic mass is 10.0. The minimum Gasteiger partial charge on any atom is -0.384 e. The summed E-state index contributed by atoms with van der Waals surface area (Å²) in [5.74, 6) is -1.09. The predicted molar refractivity (Wildman–Crippen MR) is 166 cm³/mol. The Kier molecular flexibility index (Phi) is 7.70. The summed E-state index contributed by atoms with van der Waals surface area (Å²) in [5, 5.41) is 13.2. The van der Waals surface area contributed by atoms with Gasteiger partial charge in [0, 0.05) is 60.0 Å². The monoisotopic (exact) mass is 596 g/mol. The van der Waals surface area contributed by atoms with Gasteiger partial charge in [0.2, 0.25) is 5.91 Å². The lowest BCUT2D eigenvalue weighted by Gasteiger charge is -2.13. The number of rotatable bonds is 9. The van der Waals surface area contributed by atoms with E-state index in [4.69, 9.17) is 0 Å². The first-order valence-corrected chi connectivity index (χ1v) is 14.0. The lowest BCUT2D eigenvalue weighted by Crippen LogP contribution is -2.20. The molecule has 0 unspecified atom stereocenters. The molecule has 0 atom stereocenters. The van der Waals surface area contributed by atoms with Crippen molar-refractivity contribution in [2.45, 2.75) is 13.8 Å². The number of nitrogens with one attached hydrogen (secondary N) is 4. The van der Waals surface area contributed by atoms with E-state index in [2.05, 4.69) is 45.8 Å². The molecule has 6 aromatic rings. The molecule has 0 aliphatic heterocycles. The third-order valence-corrected chi connectivity index (χ3v) is 7.09. The number of carbonyl (C=O) groups is 1. The standard InChI is InChI=1S/C31H30F2N10O/c1-16(2)31(44)38-21-11-18(13-34-14-21)23-15-37-28-24(25(23)33)27(41-42-28)30-39-26-22(5-6-36-29(26)40-30)17-9-19(32)12-20(10-17)35-7-8-43(3)4/h5-6,9-16,35H,7-8H2,1-4H3,(H,38,44)(H,36,39,40)(H,37,41,42). The van der Waals surface area contributed by atoms with Crippen LogP contribution in [0, 0.1) is 17.6 Å². The Labute approximate surface area is 251 Å². The van der Waals surface area contributed by atoms with Gasteiger partial charge in [-0.05, 0) is 50.0 Å². The Balaban J connectivity index is 1.39. The van der Waals surface area contributed by atoms with Crippen LogP contribution in [0.15, 0.2) is 55.1 Å². The number of pyridine rings is 3. The van der Waals surface area contributed by atoms with Crippen LogP contribution in [-0.4, -0.2) is 73.1 Å². The zero-order valence-corrected chi connectivity index (χ0v) is 24.5. The number of amides is 1. The van der Waals surface area contributed by atoms with E-state index in [9.17, 15) is 9.18 Å². The number of hydrogen-bond acceptors (Lipinski definition) is 8. The van der Waals surface area contributed by atoms with E-state index in [-0.39, 0.29) is 45.8 Å². The molecular weight excluding hydrogens is 566 g/mol. The fourth-order valence-electron chi connectivity index (χ4n) is 4.81. The van der Waals surface area contributed by atoms with Crippen LogP contribution in [0.1, 0.15) is 13.8 Å². The van der Waals surface area contributed by atoms with Gasteiger partial charge in [0.1, 0.15) is 17.3 Å². The van der Waals surface area contributed by atoms with Crippen LogP contribution in [-0.2, 0) is 4.79 Å². The summed E-state index contributed by atoms with van der Waals surface area (Å²) >= 11 is 0. The second kappa shape index (κ2) is 11.8. The highest BCUT2D eigenvalue weighted by molar-refractivity contribution is 5.97. The van der Waals surface area contributed by atoms with E-state index in [1.165, 1.54) is 30.7 Å². The van der Waals surface area contributed by atoms with Gasteiger partial charge in [-0.15, -0.1) is 0 Å². The van der Waals surface area contributed by atoms with Crippen LogP contribution in [0.4, 0.5) is 20.2 Å². The number of anilines is 2. The molecule has 13 heteroatoms. The van der Waals surface area contributed by atoms with Crippen molar-refractivity contribution in [3.63, 3.8) is 0 Å². The second-order valence-electron chi connectivity index (χ2n) is 11.0. The average molecular weight is 597 g/mol. The van der Waals surface area contributed by atoms with Crippen molar-refractivity contribution in [3.8, 4) is 33.8 Å². The topological polar surface area (TPSA) is 140 Å². The third kappa shape index (κ3) is 5.69. The molecule has 6 rings (SSSR count). The summed E-state index contributed by atoms with van der Waals surface area (Å²) in [5.41, 5.74) is 4.36. The molecule has 0 saturated carbocycles. The Hall–Kier alpha value is -5.30. The molecule has 1 aromatic carbocycles. The Morgan fingerprint density at radius 3 is 2.59 bits per heavy atom. The van der Waals surface area contributed by atoms with E-state index in [1.807, 2.05) is 25.1 Å². The first-order chi connectivity index (χ1) is 21.2. The Morgan fingerprint density at radius 2 is 1.80 bits per heavy atom. The number of H-pyrrole nitrogens is 2. The molecule has 0 spiro atoms. The minimum absolute atomic E-state index is 0.123. The van der Waals surface area contributed by atoms with Crippen LogP contribution in [0.3, 0.4) is 0 Å². The molecule has 0 radical (unpaired) electrons. The molecule has 1 amide bonds. The number of aromatic amines is 2. The molecule has 0 aliphatic rings. The second-order valence-corrected chi connectivity index (χ2v) is 11.0. The van der Waals surface area contributed by atoms with E-state index in [1.54, 1.807) is 32.2 Å². The molecule has 4 N–H and O–H groups in total. The number of fused-ring (bicyclic) bond motifs is 2. The highest BCUT2D eigenvalue weighted by Gasteiger charge is 2.22. The summed E-state index contributed by atoms with van der Waals surface area (Å²) in [7, 11) is 3.94. The van der Waals surface area contributed by atoms with E-state index >= 15 is 4.39 Å². The van der Waals surface area contributed by atoms with Gasteiger partial charge in [0.05, 0.1) is 22.8 Å². The summed E-state index contributed by atoms with van der Waals surface area (Å²) in [4.78, 5) is 35.0. The van der Waals surface area contributed by atoms with Crippen molar-refractivity contribution in [1.29, 1.82) is 0 Å². The van der Waals surface area contributed by atoms with Crippen molar-refractivity contribution in [1.82, 2.24) is 40.0 Å². The van der Waals surface area contributed by atoms with Crippen LogP contribution < -0.4 is 10.6 Å². The molecule has 44 heavy (non-hydrogen) atoms. The zero-order valence-electron chi connectivity index (χ0n) is 24.5. The SMILES string of the molecule is CC(C)C(=O)Nc1cncc(-c2cnc3n[nH]c(-c4nc5nccc(-c6cc(F)cc(NCCN(C)C)c6)c5[nH]4)c3c2F)c1. The minimum atomic E-state index is -0.583. The van der Waals surface area contributed by atoms with Gasteiger partial charge in [0.15, 0.2) is 17.1 Å². The number of nitrogens with zero attached hydrogens (tertiary/aromatic N) is 6. The van der Waals surface area contributed by atoms with Gasteiger partial charge in [0.25, 0.3) is 0 Å². The quantitative estimate of drug-likeness (QED) is 0.172. The van der Waals surface area contributed by atoms with Crippen LogP contribution in [0.2, 0.25) is 0 Å². The number of carbonyl (C=O) groups excluding carboxylic acids is 1. The normalized spacial score (nSPS) is 11.6. The molecule has 11 nitrogen and oxygen atoms in total. The molecule has 5 heterocycles. The van der Waals surface area contributed by atoms with E-state index < -0.39 is 5.82 Å². The van der Waals surface area contributed by atoms with Crippen molar-refractivity contribution < 1.29 is 13.6 Å². The summed E-state index contributed by atoms with van der Waals surface area (Å²) < 4.78 is 30.8. The number of imidazole rings is 1. The van der Waals surface area contributed by atoms with E-state index in [0.717, 1.165) is 6.54 Å². The lowest BCUT2D eigenvalue weighted by molar-refractivity contribution is -0.118. The zero-order chi connectivity index (χ0) is 31.0. The highest BCUT2D eigenvalue weighted by Crippen LogP contribution is 2.35. The van der Waals surface area contributed by atoms with Crippen molar-refractivity contribution in [2.24, 2.45) is 5.92 Å². The van der Waals surface area contributed by atoms with Gasteiger partial charge < -0.3 is 20.5 Å². The van der Waals surface area contributed by atoms with Crippen LogP contribution >= 0.6 is 0 Å². The largest absolute Gasteiger partial charge is 0.384 e. The highest BCUT2D eigenvalue weighted by atomic mass is 19.1. The average Bonchev–Trinajstić information content (AvgIpc) is 3.62. The smallest absolute Gasteiger partial charge is 0.226 e.